The Labute approximate surface area is 117 Å². The van der Waals surface area contributed by atoms with E-state index < -0.39 is 37.3 Å². The van der Waals surface area contributed by atoms with Crippen molar-refractivity contribution in [2.45, 2.75) is 0 Å². The number of nitrogens with zero attached hydrogens (tertiary/aromatic N) is 7. The van der Waals surface area contributed by atoms with E-state index in [0.717, 1.165) is 18.3 Å². The molecule has 2 aromatic rings. The third kappa shape index (κ3) is 4.01. The monoisotopic (exact) mass is 316 g/mol. The molecule has 0 fully saturated rings. The maximum atomic E-state index is 9.95. The van der Waals surface area contributed by atoms with Crippen LogP contribution in [0.2, 0.25) is 0 Å². The molecule has 0 amide bonds. The molecule has 0 bridgehead atoms. The van der Waals surface area contributed by atoms with Gasteiger partial charge in [-0.1, -0.05) is 0 Å². The fourth-order valence-corrected chi connectivity index (χ4v) is 0.982. The minimum absolute atomic E-state index is 0.276. The molecule has 0 saturated heterocycles. The zero-order chi connectivity index (χ0) is 16.9. The second kappa shape index (κ2) is 6.45. The minimum atomic E-state index is -0.868. The van der Waals surface area contributed by atoms with E-state index in [4.69, 9.17) is 0 Å². The lowest BCUT2D eigenvalue weighted by Crippen LogP contribution is -2.08. The minimum Gasteiger partial charge on any atom is -0.358 e. The van der Waals surface area contributed by atoms with Crippen LogP contribution in [0.1, 0.15) is 0 Å². The van der Waals surface area contributed by atoms with Gasteiger partial charge in [0, 0.05) is 4.79 Å². The summed E-state index contributed by atoms with van der Waals surface area (Å²) in [4.78, 5) is 37.6. The van der Waals surface area contributed by atoms with Crippen LogP contribution in [0.5, 0.6) is 0 Å². The third-order valence-electron chi connectivity index (χ3n) is 1.85. The van der Waals surface area contributed by atoms with Crippen LogP contribution in [0, 0.1) is 40.5 Å². The van der Waals surface area contributed by atoms with Crippen LogP contribution in [0.4, 0.5) is 17.5 Å². The van der Waals surface area contributed by atoms with Gasteiger partial charge in [-0.3, -0.25) is 0 Å². The molecule has 16 heteroatoms. The van der Waals surface area contributed by atoms with Gasteiger partial charge in [0.05, 0.1) is 11.1 Å². The van der Waals surface area contributed by atoms with Crippen LogP contribution < -0.4 is 0 Å². The van der Waals surface area contributed by atoms with Crippen molar-refractivity contribution in [3.63, 3.8) is 0 Å². The van der Waals surface area contributed by atoms with Crippen molar-refractivity contribution in [1.82, 2.24) is 20.1 Å². The Bertz CT molecular complexity index is 613. The topological polar surface area (TPSA) is 219 Å². The number of hydrogen-bond donors (Lipinski definition) is 1. The number of hydrogen-bond acceptors (Lipinski definition) is 10. The van der Waals surface area contributed by atoms with E-state index in [2.05, 4.69) is 10.2 Å². The second-order valence-corrected chi connectivity index (χ2v) is 3.21. The maximum absolute atomic E-state index is 9.95. The highest BCUT2D eigenvalue weighted by Gasteiger charge is 2.19. The van der Waals surface area contributed by atoms with Crippen molar-refractivity contribution in [3.8, 4) is 0 Å². The van der Waals surface area contributed by atoms with Gasteiger partial charge in [-0.05, 0) is 19.9 Å². The van der Waals surface area contributed by atoms with Gasteiger partial charge in [0.2, 0.25) is 0 Å². The molecular weight excluding hydrogens is 312 g/mol. The highest BCUT2D eigenvalue weighted by molar-refractivity contribution is 5.29. The summed E-state index contributed by atoms with van der Waals surface area (Å²) in [7, 11) is 0. The zero-order valence-electron chi connectivity index (χ0n) is 10.1. The van der Waals surface area contributed by atoms with Crippen LogP contribution in [0.25, 0.3) is 0 Å². The summed E-state index contributed by atoms with van der Waals surface area (Å²) in [5, 5.41) is 46.9. The largest absolute Gasteiger partial charge is 0.420 e. The Morgan fingerprint density at radius 2 is 1.55 bits per heavy atom. The molecule has 2 rings (SSSR count). The van der Waals surface area contributed by atoms with Crippen LogP contribution in [-0.4, -0.2) is 39.9 Å². The fraction of sp³-hybridized carbons (Fsp3) is 0. The lowest BCUT2D eigenvalue weighted by Gasteiger charge is -1.86. The molecule has 0 atom stereocenters. The first-order valence-electron chi connectivity index (χ1n) is 4.91. The quantitative estimate of drug-likeness (QED) is 0.589. The van der Waals surface area contributed by atoms with Crippen LogP contribution in [-0.2, 0) is 0 Å². The van der Waals surface area contributed by atoms with E-state index in [1.807, 2.05) is 5.10 Å². The van der Waals surface area contributed by atoms with Crippen LogP contribution >= 0.6 is 0 Å². The molecular formula is C6H4N8O8. The molecule has 2 aromatic heterocycles. The molecule has 0 aliphatic rings. The number of nitrogens with one attached hydrogen (secondary N) is 1. The molecule has 0 radical (unpaired) electrons. The van der Waals surface area contributed by atoms with Gasteiger partial charge in [-0.2, -0.15) is 0 Å². The Morgan fingerprint density at radius 3 is 1.82 bits per heavy atom. The van der Waals surface area contributed by atoms with E-state index in [1.54, 1.807) is 0 Å². The Balaban J connectivity index is 0.000000220. The molecule has 0 unspecified atom stereocenters. The van der Waals surface area contributed by atoms with Gasteiger partial charge in [-0.15, -0.1) is 0 Å². The van der Waals surface area contributed by atoms with Gasteiger partial charge in [0.1, 0.15) is 22.5 Å². The summed E-state index contributed by atoms with van der Waals surface area (Å²) >= 11 is 0. The first-order chi connectivity index (χ1) is 10.2. The van der Waals surface area contributed by atoms with Gasteiger partial charge in [0.15, 0.2) is 0 Å². The highest BCUT2D eigenvalue weighted by Crippen LogP contribution is 2.13. The normalized spacial score (nSPS) is 9.45. The first kappa shape index (κ1) is 16.1. The number of aromatic nitrogens is 4. The predicted molar refractivity (Wildman–Crippen MR) is 63.2 cm³/mol. The molecule has 0 saturated carbocycles. The van der Waals surface area contributed by atoms with Crippen LogP contribution in [0.3, 0.4) is 0 Å². The molecule has 116 valence electrons. The van der Waals surface area contributed by atoms with Gasteiger partial charge in [-0.25, -0.2) is 0 Å². The first-order valence-corrected chi connectivity index (χ1v) is 4.91. The maximum Gasteiger partial charge on any atom is 0.420 e. The van der Waals surface area contributed by atoms with Crippen molar-refractivity contribution < 1.29 is 19.8 Å². The van der Waals surface area contributed by atoms with E-state index in [9.17, 15) is 40.5 Å². The highest BCUT2D eigenvalue weighted by atomic mass is 16.7. The third-order valence-corrected chi connectivity index (χ3v) is 1.85. The smallest absolute Gasteiger partial charge is 0.358 e. The number of aromatic amines is 1. The summed E-state index contributed by atoms with van der Waals surface area (Å²) in [5.41, 5.74) is 0. The number of nitro groups is 4. The molecule has 0 aromatic carbocycles. The molecule has 2 heterocycles. The van der Waals surface area contributed by atoms with Crippen molar-refractivity contribution in [1.29, 1.82) is 0 Å². The predicted octanol–water partition coefficient (Wildman–Crippen LogP) is 0.0572. The Kier molecular flexibility index (Phi) is 4.71. The Hall–Kier alpha value is -3.98. The summed E-state index contributed by atoms with van der Waals surface area (Å²) in [6, 6.07) is 1.70. The standard InChI is InChI=1S/2C3H2N4O4/c8-6(9)3-1-2-5(4-3)7(10)11;8-6(9)2-1-3(5-4-2)7(10)11/h1-2H;1H,(H,4,5). The van der Waals surface area contributed by atoms with E-state index in [0.29, 0.717) is 0 Å². The number of rotatable bonds is 4. The van der Waals surface area contributed by atoms with Crippen molar-refractivity contribution in [3.05, 3.63) is 58.8 Å². The molecule has 22 heavy (non-hydrogen) atoms. The number of H-pyrrole nitrogens is 1. The van der Waals surface area contributed by atoms with Gasteiger partial charge in [0.25, 0.3) is 0 Å². The summed E-state index contributed by atoms with van der Waals surface area (Å²) in [5.74, 6) is -1.59. The molecule has 0 spiro atoms. The van der Waals surface area contributed by atoms with Crippen molar-refractivity contribution in [2.75, 3.05) is 0 Å². The second-order valence-electron chi connectivity index (χ2n) is 3.21. The summed E-state index contributed by atoms with van der Waals surface area (Å²) in [6.45, 7) is 0. The lowest BCUT2D eigenvalue weighted by atomic mass is 10.6. The zero-order valence-corrected chi connectivity index (χ0v) is 10.1. The van der Waals surface area contributed by atoms with Gasteiger partial charge >= 0.3 is 17.5 Å². The fourth-order valence-electron chi connectivity index (χ4n) is 0.982. The van der Waals surface area contributed by atoms with Gasteiger partial charge < -0.3 is 40.5 Å². The van der Waals surface area contributed by atoms with E-state index >= 15 is 0 Å². The van der Waals surface area contributed by atoms with Crippen LogP contribution in [0.15, 0.2) is 18.3 Å². The summed E-state index contributed by atoms with van der Waals surface area (Å²) < 4.78 is 0. The SMILES string of the molecule is O=[N+]([O-])c1cc([N+](=O)[O-])[nH]n1.O=[N+]([O-])c1ccn([N+](=O)[O-])n1. The van der Waals surface area contributed by atoms with Crippen molar-refractivity contribution in [2.24, 2.45) is 0 Å². The summed E-state index contributed by atoms with van der Waals surface area (Å²) in [6.07, 6.45) is 0.901. The van der Waals surface area contributed by atoms with E-state index in [-0.39, 0.29) is 4.79 Å². The van der Waals surface area contributed by atoms with Crippen molar-refractivity contribution >= 4 is 17.5 Å². The molecule has 16 nitrogen and oxygen atoms in total. The average molecular weight is 316 g/mol. The molecule has 1 N–H and O–H groups in total. The average Bonchev–Trinajstić information content (AvgIpc) is 3.09. The molecule has 0 aliphatic heterocycles. The molecule has 0 aliphatic carbocycles. The lowest BCUT2D eigenvalue weighted by molar-refractivity contribution is -0.554. The Morgan fingerprint density at radius 1 is 0.955 bits per heavy atom. The van der Waals surface area contributed by atoms with E-state index in [1.165, 1.54) is 0 Å².